The van der Waals surface area contributed by atoms with E-state index in [0.717, 1.165) is 15.7 Å². The molecule has 2 N–H and O–H groups in total. The average molecular weight is 360 g/mol. The molecule has 4 nitrogen and oxygen atoms in total. The Bertz CT molecular complexity index is 626. The SMILES string of the molecule is CCC(Nc1ccccc1)C(=O)NN=Cc1ccc(Br)cc1. The number of para-hydroxylation sites is 1. The van der Waals surface area contributed by atoms with Gasteiger partial charge in [0, 0.05) is 10.2 Å². The van der Waals surface area contributed by atoms with Crippen LogP contribution in [0.1, 0.15) is 18.9 Å². The van der Waals surface area contributed by atoms with E-state index in [1.54, 1.807) is 6.21 Å². The van der Waals surface area contributed by atoms with Gasteiger partial charge in [-0.15, -0.1) is 0 Å². The Kier molecular flexibility index (Phi) is 6.15. The minimum atomic E-state index is -0.315. The molecular weight excluding hydrogens is 342 g/mol. The number of carbonyl (C=O) groups excluding carboxylic acids is 1. The summed E-state index contributed by atoms with van der Waals surface area (Å²) in [7, 11) is 0. The third-order valence-corrected chi connectivity index (χ3v) is 3.63. The van der Waals surface area contributed by atoms with Crippen LogP contribution < -0.4 is 10.7 Å². The van der Waals surface area contributed by atoms with Crippen LogP contribution in [-0.2, 0) is 4.79 Å². The number of rotatable bonds is 6. The number of nitrogens with zero attached hydrogens (tertiary/aromatic N) is 1. The molecule has 114 valence electrons. The minimum Gasteiger partial charge on any atom is -0.374 e. The molecule has 0 saturated carbocycles. The first-order valence-electron chi connectivity index (χ1n) is 7.09. The van der Waals surface area contributed by atoms with Gasteiger partial charge in [-0.25, -0.2) is 5.43 Å². The topological polar surface area (TPSA) is 53.5 Å². The highest BCUT2D eigenvalue weighted by Gasteiger charge is 2.15. The van der Waals surface area contributed by atoms with Gasteiger partial charge in [-0.1, -0.05) is 53.2 Å². The second kappa shape index (κ2) is 8.34. The fourth-order valence-electron chi connectivity index (χ4n) is 1.89. The van der Waals surface area contributed by atoms with Gasteiger partial charge in [0.1, 0.15) is 6.04 Å². The van der Waals surface area contributed by atoms with E-state index in [2.05, 4.69) is 31.8 Å². The first kappa shape index (κ1) is 16.2. The molecule has 2 aromatic carbocycles. The maximum absolute atomic E-state index is 12.1. The van der Waals surface area contributed by atoms with Gasteiger partial charge in [-0.2, -0.15) is 5.10 Å². The Hall–Kier alpha value is -2.14. The lowest BCUT2D eigenvalue weighted by molar-refractivity contribution is -0.121. The summed E-state index contributed by atoms with van der Waals surface area (Å²) >= 11 is 3.37. The normalized spacial score (nSPS) is 12.1. The predicted octanol–water partition coefficient (Wildman–Crippen LogP) is 3.79. The summed E-state index contributed by atoms with van der Waals surface area (Å²) in [5.74, 6) is -0.153. The van der Waals surface area contributed by atoms with Crippen LogP contribution in [0, 0.1) is 0 Å². The van der Waals surface area contributed by atoms with Crippen molar-refractivity contribution >= 4 is 33.7 Å². The molecule has 0 radical (unpaired) electrons. The Morgan fingerprint density at radius 1 is 1.18 bits per heavy atom. The molecule has 0 spiro atoms. The fraction of sp³-hybridized carbons (Fsp3) is 0.176. The van der Waals surface area contributed by atoms with E-state index in [0.29, 0.717) is 6.42 Å². The number of nitrogens with one attached hydrogen (secondary N) is 2. The van der Waals surface area contributed by atoms with Gasteiger partial charge in [0.2, 0.25) is 0 Å². The van der Waals surface area contributed by atoms with Crippen LogP contribution in [0.5, 0.6) is 0 Å². The highest BCUT2D eigenvalue weighted by Crippen LogP contribution is 2.10. The van der Waals surface area contributed by atoms with E-state index in [9.17, 15) is 4.79 Å². The Morgan fingerprint density at radius 2 is 1.86 bits per heavy atom. The van der Waals surface area contributed by atoms with Crippen molar-refractivity contribution in [1.29, 1.82) is 0 Å². The third kappa shape index (κ3) is 5.00. The number of carbonyl (C=O) groups is 1. The molecule has 0 fully saturated rings. The van der Waals surface area contributed by atoms with Gasteiger partial charge < -0.3 is 5.32 Å². The molecule has 0 bridgehead atoms. The van der Waals surface area contributed by atoms with E-state index in [1.807, 2.05) is 61.5 Å². The molecular formula is C17H18BrN3O. The molecule has 22 heavy (non-hydrogen) atoms. The standard InChI is InChI=1S/C17H18BrN3O/c1-2-16(20-15-6-4-3-5-7-15)17(22)21-19-12-13-8-10-14(18)11-9-13/h3-12,16,20H,2H2,1H3,(H,21,22). The van der Waals surface area contributed by atoms with Gasteiger partial charge >= 0.3 is 0 Å². The molecule has 0 aliphatic carbocycles. The smallest absolute Gasteiger partial charge is 0.262 e. The number of halogens is 1. The zero-order valence-corrected chi connectivity index (χ0v) is 13.9. The van der Waals surface area contributed by atoms with Crippen molar-refractivity contribution in [3.63, 3.8) is 0 Å². The molecule has 0 aliphatic heterocycles. The van der Waals surface area contributed by atoms with Crippen LogP contribution in [-0.4, -0.2) is 18.2 Å². The Labute approximate surface area is 138 Å². The molecule has 0 aliphatic rings. The minimum absolute atomic E-state index is 0.153. The highest BCUT2D eigenvalue weighted by atomic mass is 79.9. The first-order valence-corrected chi connectivity index (χ1v) is 7.88. The third-order valence-electron chi connectivity index (χ3n) is 3.10. The second-order valence-electron chi connectivity index (χ2n) is 4.76. The lowest BCUT2D eigenvalue weighted by atomic mass is 10.2. The van der Waals surface area contributed by atoms with E-state index >= 15 is 0 Å². The van der Waals surface area contributed by atoms with Crippen molar-refractivity contribution in [3.8, 4) is 0 Å². The lowest BCUT2D eigenvalue weighted by Gasteiger charge is -2.16. The maximum atomic E-state index is 12.1. The molecule has 0 heterocycles. The summed E-state index contributed by atoms with van der Waals surface area (Å²) in [6.07, 6.45) is 2.30. The predicted molar refractivity (Wildman–Crippen MR) is 94.0 cm³/mol. The number of benzene rings is 2. The molecule has 2 rings (SSSR count). The number of anilines is 1. The van der Waals surface area contributed by atoms with Crippen molar-refractivity contribution in [2.24, 2.45) is 5.10 Å². The molecule has 1 atom stereocenters. The van der Waals surface area contributed by atoms with Crippen LogP contribution in [0.3, 0.4) is 0 Å². The summed E-state index contributed by atoms with van der Waals surface area (Å²) in [5.41, 5.74) is 4.41. The van der Waals surface area contributed by atoms with Gasteiger partial charge in [0.15, 0.2) is 0 Å². The molecule has 0 aromatic heterocycles. The molecule has 5 heteroatoms. The Balaban J connectivity index is 1.90. The number of hydrogen-bond acceptors (Lipinski definition) is 3. The summed E-state index contributed by atoms with van der Waals surface area (Å²) in [4.78, 5) is 12.1. The molecule has 0 saturated heterocycles. The molecule has 1 amide bonds. The van der Waals surface area contributed by atoms with E-state index in [4.69, 9.17) is 0 Å². The van der Waals surface area contributed by atoms with Crippen molar-refractivity contribution in [3.05, 3.63) is 64.6 Å². The van der Waals surface area contributed by atoms with Gasteiger partial charge in [-0.3, -0.25) is 4.79 Å². The van der Waals surface area contributed by atoms with E-state index in [-0.39, 0.29) is 11.9 Å². The average Bonchev–Trinajstić information content (AvgIpc) is 2.55. The lowest BCUT2D eigenvalue weighted by Crippen LogP contribution is -2.36. The zero-order chi connectivity index (χ0) is 15.8. The summed E-state index contributed by atoms with van der Waals surface area (Å²) in [6.45, 7) is 1.96. The number of hydrazone groups is 1. The van der Waals surface area contributed by atoms with Crippen LogP contribution in [0.15, 0.2) is 64.2 Å². The van der Waals surface area contributed by atoms with Crippen LogP contribution in [0.4, 0.5) is 5.69 Å². The number of hydrogen-bond donors (Lipinski definition) is 2. The summed E-state index contributed by atoms with van der Waals surface area (Å²) < 4.78 is 1.01. The van der Waals surface area contributed by atoms with Crippen molar-refractivity contribution in [1.82, 2.24) is 5.43 Å². The van der Waals surface area contributed by atoms with Crippen LogP contribution >= 0.6 is 15.9 Å². The second-order valence-corrected chi connectivity index (χ2v) is 5.67. The maximum Gasteiger partial charge on any atom is 0.262 e. The van der Waals surface area contributed by atoms with Crippen molar-refractivity contribution in [2.45, 2.75) is 19.4 Å². The summed E-state index contributed by atoms with van der Waals surface area (Å²) in [5, 5.41) is 7.19. The van der Waals surface area contributed by atoms with Crippen molar-refractivity contribution in [2.75, 3.05) is 5.32 Å². The van der Waals surface area contributed by atoms with Gasteiger partial charge in [0.25, 0.3) is 5.91 Å². The quantitative estimate of drug-likeness (QED) is 0.608. The van der Waals surface area contributed by atoms with Gasteiger partial charge in [-0.05, 0) is 36.2 Å². The van der Waals surface area contributed by atoms with E-state index < -0.39 is 0 Å². The first-order chi connectivity index (χ1) is 10.7. The molecule has 2 aromatic rings. The summed E-state index contributed by atoms with van der Waals surface area (Å²) in [6, 6.07) is 17.0. The highest BCUT2D eigenvalue weighted by molar-refractivity contribution is 9.10. The largest absolute Gasteiger partial charge is 0.374 e. The monoisotopic (exact) mass is 359 g/mol. The fourth-order valence-corrected chi connectivity index (χ4v) is 2.15. The Morgan fingerprint density at radius 3 is 2.50 bits per heavy atom. The van der Waals surface area contributed by atoms with Crippen molar-refractivity contribution < 1.29 is 4.79 Å². The van der Waals surface area contributed by atoms with Crippen LogP contribution in [0.2, 0.25) is 0 Å². The van der Waals surface area contributed by atoms with Gasteiger partial charge in [0.05, 0.1) is 6.21 Å². The van der Waals surface area contributed by atoms with Crippen LogP contribution in [0.25, 0.3) is 0 Å². The van der Waals surface area contributed by atoms with E-state index in [1.165, 1.54) is 0 Å². The number of amides is 1. The zero-order valence-electron chi connectivity index (χ0n) is 12.3. The molecule has 1 unspecified atom stereocenters.